The molecule has 0 bridgehead atoms. The molecule has 0 saturated carbocycles. The molecule has 0 atom stereocenters. The number of benzene rings is 1. The van der Waals surface area contributed by atoms with Crippen LogP contribution in [0.15, 0.2) is 18.2 Å². The highest BCUT2D eigenvalue weighted by atomic mass is 16.5. The summed E-state index contributed by atoms with van der Waals surface area (Å²) in [6, 6.07) is 3.88. The Morgan fingerprint density at radius 1 is 1.30 bits per heavy atom. The highest BCUT2D eigenvalue weighted by molar-refractivity contribution is 5.85. The second-order valence-electron chi connectivity index (χ2n) is 5.16. The van der Waals surface area contributed by atoms with E-state index in [1.54, 1.807) is 6.08 Å². The third kappa shape index (κ3) is 5.45. The molecule has 1 aromatic carbocycles. The molecular formula is C16H23NO3. The Balaban J connectivity index is 2.71. The van der Waals surface area contributed by atoms with Gasteiger partial charge in [-0.1, -0.05) is 0 Å². The van der Waals surface area contributed by atoms with Crippen LogP contribution in [0, 0.1) is 13.8 Å². The van der Waals surface area contributed by atoms with Crippen LogP contribution >= 0.6 is 0 Å². The van der Waals surface area contributed by atoms with Crippen molar-refractivity contribution < 1.29 is 14.6 Å². The summed E-state index contributed by atoms with van der Waals surface area (Å²) in [7, 11) is 4.08. The van der Waals surface area contributed by atoms with Crippen molar-refractivity contribution in [3.63, 3.8) is 0 Å². The zero-order chi connectivity index (χ0) is 15.1. The van der Waals surface area contributed by atoms with Gasteiger partial charge in [-0.3, -0.25) is 0 Å². The Hall–Kier alpha value is -1.81. The smallest absolute Gasteiger partial charge is 0.328 e. The Labute approximate surface area is 120 Å². The van der Waals surface area contributed by atoms with Crippen molar-refractivity contribution in [3.05, 3.63) is 34.9 Å². The quantitative estimate of drug-likeness (QED) is 0.615. The van der Waals surface area contributed by atoms with Crippen LogP contribution in [0.1, 0.15) is 23.1 Å². The lowest BCUT2D eigenvalue weighted by Gasteiger charge is -2.14. The molecule has 0 fully saturated rings. The minimum atomic E-state index is -0.940. The Morgan fingerprint density at radius 3 is 2.40 bits per heavy atom. The number of hydrogen-bond donors (Lipinski definition) is 1. The van der Waals surface area contributed by atoms with Crippen LogP contribution in [0.3, 0.4) is 0 Å². The molecule has 0 saturated heterocycles. The number of hydrogen-bond acceptors (Lipinski definition) is 3. The van der Waals surface area contributed by atoms with Crippen molar-refractivity contribution in [1.82, 2.24) is 4.90 Å². The van der Waals surface area contributed by atoms with Crippen LogP contribution in [0.4, 0.5) is 0 Å². The molecule has 0 radical (unpaired) electrons. The summed E-state index contributed by atoms with van der Waals surface area (Å²) in [5.74, 6) is -0.0412. The Morgan fingerprint density at radius 2 is 1.90 bits per heavy atom. The Kier molecular flexibility index (Phi) is 6.25. The fraction of sp³-hybridized carbons (Fsp3) is 0.438. The Bertz CT molecular complexity index is 469. The average molecular weight is 277 g/mol. The SMILES string of the molecule is Cc1cc(/C=C/C(=O)O)cc(C)c1OCCCN(C)C. The molecule has 0 aliphatic heterocycles. The summed E-state index contributed by atoms with van der Waals surface area (Å²) in [6.07, 6.45) is 3.72. The zero-order valence-corrected chi connectivity index (χ0v) is 12.6. The van der Waals surface area contributed by atoms with Gasteiger partial charge in [-0.25, -0.2) is 4.79 Å². The summed E-state index contributed by atoms with van der Waals surface area (Å²) < 4.78 is 5.83. The molecule has 0 amide bonds. The van der Waals surface area contributed by atoms with Gasteiger partial charge >= 0.3 is 5.97 Å². The van der Waals surface area contributed by atoms with E-state index in [1.807, 2.05) is 40.1 Å². The summed E-state index contributed by atoms with van der Waals surface area (Å²) in [4.78, 5) is 12.7. The standard InChI is InChI=1S/C16H23NO3/c1-12-10-14(6-7-15(18)19)11-13(2)16(12)20-9-5-8-17(3)4/h6-7,10-11H,5,8-9H2,1-4H3,(H,18,19)/b7-6+. The monoisotopic (exact) mass is 277 g/mol. The first kappa shape index (κ1) is 16.2. The molecule has 110 valence electrons. The number of aliphatic carboxylic acids is 1. The molecule has 0 spiro atoms. The summed E-state index contributed by atoms with van der Waals surface area (Å²) in [6.45, 7) is 5.64. The fourth-order valence-electron chi connectivity index (χ4n) is 2.03. The van der Waals surface area contributed by atoms with E-state index in [4.69, 9.17) is 9.84 Å². The first-order valence-electron chi connectivity index (χ1n) is 6.70. The lowest BCUT2D eigenvalue weighted by Crippen LogP contribution is -2.15. The van der Waals surface area contributed by atoms with Crippen LogP contribution < -0.4 is 4.74 Å². The third-order valence-electron chi connectivity index (χ3n) is 2.90. The van der Waals surface area contributed by atoms with Crippen molar-refractivity contribution >= 4 is 12.0 Å². The summed E-state index contributed by atoms with van der Waals surface area (Å²) in [5, 5.41) is 8.64. The first-order chi connectivity index (χ1) is 9.40. The molecule has 0 unspecified atom stereocenters. The van der Waals surface area contributed by atoms with E-state index in [0.717, 1.165) is 41.5 Å². The van der Waals surface area contributed by atoms with Gasteiger partial charge < -0.3 is 14.7 Å². The number of rotatable bonds is 7. The van der Waals surface area contributed by atoms with E-state index in [2.05, 4.69) is 4.90 Å². The zero-order valence-electron chi connectivity index (χ0n) is 12.6. The largest absolute Gasteiger partial charge is 0.493 e. The minimum absolute atomic E-state index is 0.685. The second kappa shape index (κ2) is 7.70. The number of nitrogens with zero attached hydrogens (tertiary/aromatic N) is 1. The maximum absolute atomic E-state index is 10.5. The van der Waals surface area contributed by atoms with Crippen LogP contribution in [0.5, 0.6) is 5.75 Å². The van der Waals surface area contributed by atoms with E-state index >= 15 is 0 Å². The van der Waals surface area contributed by atoms with Gasteiger partial charge in [0.25, 0.3) is 0 Å². The first-order valence-corrected chi connectivity index (χ1v) is 6.70. The van der Waals surface area contributed by atoms with Crippen LogP contribution in [0.2, 0.25) is 0 Å². The molecule has 1 N–H and O–H groups in total. The number of carboxylic acids is 1. The van der Waals surface area contributed by atoms with Crippen LogP contribution in [-0.4, -0.2) is 43.2 Å². The second-order valence-corrected chi connectivity index (χ2v) is 5.16. The number of carbonyl (C=O) groups is 1. The predicted molar refractivity (Wildman–Crippen MR) is 81.3 cm³/mol. The van der Waals surface area contributed by atoms with Crippen molar-refractivity contribution in [2.45, 2.75) is 20.3 Å². The minimum Gasteiger partial charge on any atom is -0.493 e. The van der Waals surface area contributed by atoms with Gasteiger partial charge in [-0.05, 0) is 69.3 Å². The maximum atomic E-state index is 10.5. The topological polar surface area (TPSA) is 49.8 Å². The van der Waals surface area contributed by atoms with Gasteiger partial charge in [0.05, 0.1) is 6.61 Å². The molecule has 0 aromatic heterocycles. The lowest BCUT2D eigenvalue weighted by molar-refractivity contribution is -0.131. The maximum Gasteiger partial charge on any atom is 0.328 e. The molecule has 4 nitrogen and oxygen atoms in total. The molecule has 1 rings (SSSR count). The molecule has 0 heterocycles. The van der Waals surface area contributed by atoms with Crippen molar-refractivity contribution in [3.8, 4) is 5.75 Å². The van der Waals surface area contributed by atoms with Crippen molar-refractivity contribution in [1.29, 1.82) is 0 Å². The summed E-state index contributed by atoms with van der Waals surface area (Å²) >= 11 is 0. The molecular weight excluding hydrogens is 254 g/mol. The van der Waals surface area contributed by atoms with E-state index in [0.29, 0.717) is 6.61 Å². The van der Waals surface area contributed by atoms with E-state index in [9.17, 15) is 4.79 Å². The number of ether oxygens (including phenoxy) is 1. The van der Waals surface area contributed by atoms with Gasteiger partial charge in [0, 0.05) is 12.6 Å². The van der Waals surface area contributed by atoms with Gasteiger partial charge in [0.15, 0.2) is 0 Å². The van der Waals surface area contributed by atoms with Gasteiger partial charge in [0.2, 0.25) is 0 Å². The molecule has 20 heavy (non-hydrogen) atoms. The van der Waals surface area contributed by atoms with Crippen molar-refractivity contribution in [2.75, 3.05) is 27.2 Å². The summed E-state index contributed by atoms with van der Waals surface area (Å²) in [5.41, 5.74) is 2.93. The van der Waals surface area contributed by atoms with Gasteiger partial charge in [0.1, 0.15) is 5.75 Å². The molecule has 0 aliphatic carbocycles. The average Bonchev–Trinajstić information content (AvgIpc) is 2.34. The number of aryl methyl sites for hydroxylation is 2. The molecule has 0 aliphatic rings. The van der Waals surface area contributed by atoms with Gasteiger partial charge in [-0.15, -0.1) is 0 Å². The van der Waals surface area contributed by atoms with Gasteiger partial charge in [-0.2, -0.15) is 0 Å². The fourth-order valence-corrected chi connectivity index (χ4v) is 2.03. The number of carboxylic acid groups (broad SMARTS) is 1. The molecule has 1 aromatic rings. The normalized spacial score (nSPS) is 11.2. The van der Waals surface area contributed by atoms with E-state index in [1.165, 1.54) is 0 Å². The third-order valence-corrected chi connectivity index (χ3v) is 2.90. The highest BCUT2D eigenvalue weighted by Gasteiger charge is 2.05. The lowest BCUT2D eigenvalue weighted by atomic mass is 10.1. The highest BCUT2D eigenvalue weighted by Crippen LogP contribution is 2.25. The van der Waals surface area contributed by atoms with E-state index in [-0.39, 0.29) is 0 Å². The predicted octanol–water partition coefficient (Wildman–Crippen LogP) is 2.73. The van der Waals surface area contributed by atoms with Crippen LogP contribution in [-0.2, 0) is 4.79 Å². The van der Waals surface area contributed by atoms with E-state index < -0.39 is 5.97 Å². The van der Waals surface area contributed by atoms with Crippen LogP contribution in [0.25, 0.3) is 6.08 Å². The molecule has 4 heteroatoms. The van der Waals surface area contributed by atoms with Crippen molar-refractivity contribution in [2.24, 2.45) is 0 Å².